The quantitative estimate of drug-likeness (QED) is 0.223. The summed E-state index contributed by atoms with van der Waals surface area (Å²) in [5.74, 6) is 4.19. The van der Waals surface area contributed by atoms with Crippen molar-refractivity contribution < 1.29 is 38.3 Å². The number of fused-ring (bicyclic) bond motifs is 2. The minimum atomic E-state index is -0.737. The number of hydrogen-bond donors (Lipinski definition) is 1. The summed E-state index contributed by atoms with van der Waals surface area (Å²) in [4.78, 5) is 66.4. The van der Waals surface area contributed by atoms with Crippen molar-refractivity contribution in [2.24, 2.45) is 0 Å². The molecular weight excluding hydrogens is 530 g/mol. The monoisotopic (exact) mass is 561 g/mol. The third-order valence-corrected chi connectivity index (χ3v) is 6.33. The maximum Gasteiger partial charge on any atom is 0.335 e. The molecule has 11 nitrogen and oxygen atoms in total. The number of ether oxygens (including phenoxy) is 2. The van der Waals surface area contributed by atoms with Gasteiger partial charge in [0.2, 0.25) is 11.8 Å². The molecule has 0 unspecified atom stereocenters. The molecule has 41 heavy (non-hydrogen) atoms. The first-order valence-electron chi connectivity index (χ1n) is 13.4. The fourth-order valence-corrected chi connectivity index (χ4v) is 4.19. The number of imide groups is 1. The van der Waals surface area contributed by atoms with Crippen molar-refractivity contribution in [2.75, 3.05) is 37.9 Å². The van der Waals surface area contributed by atoms with Gasteiger partial charge in [-0.2, -0.15) is 0 Å². The van der Waals surface area contributed by atoms with Gasteiger partial charge in [-0.25, -0.2) is 4.79 Å². The second kappa shape index (κ2) is 14.7. The number of para-hydroxylation sites is 1. The van der Waals surface area contributed by atoms with E-state index in [0.29, 0.717) is 11.6 Å². The van der Waals surface area contributed by atoms with Crippen molar-refractivity contribution in [1.82, 2.24) is 10.4 Å². The van der Waals surface area contributed by atoms with Gasteiger partial charge in [0.15, 0.2) is 0 Å². The molecule has 4 rings (SSSR count). The highest BCUT2D eigenvalue weighted by molar-refractivity contribution is 6.01. The molecule has 0 aromatic heterocycles. The second-order valence-electron chi connectivity index (χ2n) is 9.27. The number of carbonyl (C=O) groups is 5. The zero-order valence-electron chi connectivity index (χ0n) is 22.6. The van der Waals surface area contributed by atoms with E-state index in [1.54, 1.807) is 4.90 Å². The van der Waals surface area contributed by atoms with E-state index in [9.17, 15) is 24.0 Å². The fraction of sp³-hybridized carbons (Fsp3) is 0.367. The molecule has 0 spiro atoms. The number of benzene rings is 2. The summed E-state index contributed by atoms with van der Waals surface area (Å²) >= 11 is 0. The normalized spacial score (nSPS) is 13.9. The summed E-state index contributed by atoms with van der Waals surface area (Å²) in [6.07, 6.45) is 0.201. The van der Waals surface area contributed by atoms with Crippen LogP contribution in [0.2, 0.25) is 0 Å². The lowest BCUT2D eigenvalue weighted by molar-refractivity contribution is -0.198. The molecule has 2 aromatic carbocycles. The Morgan fingerprint density at radius 2 is 1.41 bits per heavy atom. The van der Waals surface area contributed by atoms with E-state index in [2.05, 4.69) is 17.2 Å². The number of hydroxylamine groups is 2. The van der Waals surface area contributed by atoms with Crippen LogP contribution >= 0.6 is 0 Å². The van der Waals surface area contributed by atoms with Crippen LogP contribution in [0, 0.1) is 11.8 Å². The first kappa shape index (κ1) is 29.5. The van der Waals surface area contributed by atoms with Crippen molar-refractivity contribution in [3.05, 3.63) is 65.2 Å². The summed E-state index contributed by atoms with van der Waals surface area (Å²) in [5, 5.41) is 3.25. The highest BCUT2D eigenvalue weighted by Crippen LogP contribution is 2.25. The van der Waals surface area contributed by atoms with E-state index in [1.165, 1.54) is 0 Å². The number of carbonyl (C=O) groups excluding carboxylic acids is 5. The largest absolute Gasteiger partial charge is 0.379 e. The van der Waals surface area contributed by atoms with Crippen LogP contribution in [-0.2, 0) is 44.8 Å². The Morgan fingerprint density at radius 3 is 2.17 bits per heavy atom. The molecule has 0 saturated carbocycles. The lowest BCUT2D eigenvalue weighted by Crippen LogP contribution is -2.35. The minimum absolute atomic E-state index is 0.0343. The van der Waals surface area contributed by atoms with Gasteiger partial charge in [0.25, 0.3) is 11.8 Å². The van der Waals surface area contributed by atoms with Crippen molar-refractivity contribution in [3.63, 3.8) is 0 Å². The summed E-state index contributed by atoms with van der Waals surface area (Å²) < 4.78 is 10.7. The molecule has 0 radical (unpaired) electrons. The average Bonchev–Trinajstić information content (AvgIpc) is 3.27. The maximum atomic E-state index is 13.2. The zero-order valence-corrected chi connectivity index (χ0v) is 22.6. The van der Waals surface area contributed by atoms with Gasteiger partial charge in [-0.15, -0.1) is 5.06 Å². The minimum Gasteiger partial charge on any atom is -0.379 e. The van der Waals surface area contributed by atoms with Crippen LogP contribution in [-0.4, -0.2) is 67.6 Å². The van der Waals surface area contributed by atoms with Crippen LogP contribution in [0.25, 0.3) is 0 Å². The number of nitrogens with one attached hydrogen (secondary N) is 1. The first-order chi connectivity index (χ1) is 19.9. The maximum absolute atomic E-state index is 13.2. The molecule has 2 aliphatic heterocycles. The highest BCUT2D eigenvalue weighted by atomic mass is 16.7. The van der Waals surface area contributed by atoms with Crippen molar-refractivity contribution >= 4 is 35.3 Å². The lowest BCUT2D eigenvalue weighted by atomic mass is 10.0. The summed E-state index contributed by atoms with van der Waals surface area (Å²) in [6, 6.07) is 15.3. The molecular formula is C30H31N3O8. The number of amides is 4. The fourth-order valence-electron chi connectivity index (χ4n) is 4.19. The summed E-state index contributed by atoms with van der Waals surface area (Å²) in [7, 11) is 0. The van der Waals surface area contributed by atoms with Crippen LogP contribution in [0.5, 0.6) is 0 Å². The molecule has 0 aliphatic carbocycles. The van der Waals surface area contributed by atoms with Crippen LogP contribution in [0.1, 0.15) is 48.8 Å². The molecule has 1 saturated heterocycles. The van der Waals surface area contributed by atoms with E-state index >= 15 is 0 Å². The van der Waals surface area contributed by atoms with Crippen molar-refractivity contribution in [2.45, 2.75) is 38.6 Å². The molecule has 2 heterocycles. The highest BCUT2D eigenvalue weighted by Gasteiger charge is 2.32. The molecule has 0 atom stereocenters. The topological polar surface area (TPSA) is 132 Å². The predicted molar refractivity (Wildman–Crippen MR) is 146 cm³/mol. The van der Waals surface area contributed by atoms with E-state index in [-0.39, 0.29) is 76.9 Å². The smallest absolute Gasteiger partial charge is 0.335 e. The number of rotatable bonds is 13. The van der Waals surface area contributed by atoms with E-state index < -0.39 is 17.8 Å². The van der Waals surface area contributed by atoms with Gasteiger partial charge >= 0.3 is 5.97 Å². The van der Waals surface area contributed by atoms with Gasteiger partial charge in [0.1, 0.15) is 0 Å². The molecule has 2 aromatic rings. The van der Waals surface area contributed by atoms with Crippen LogP contribution in [0.15, 0.2) is 48.5 Å². The molecule has 4 amide bonds. The molecule has 214 valence electrons. The van der Waals surface area contributed by atoms with Crippen molar-refractivity contribution in [1.29, 1.82) is 0 Å². The molecule has 11 heteroatoms. The van der Waals surface area contributed by atoms with E-state index in [1.807, 2.05) is 48.5 Å². The van der Waals surface area contributed by atoms with E-state index in [0.717, 1.165) is 22.4 Å². The van der Waals surface area contributed by atoms with Gasteiger partial charge in [0.05, 0.1) is 45.1 Å². The molecule has 2 aliphatic rings. The Kier molecular flexibility index (Phi) is 10.6. The molecule has 1 N–H and O–H groups in total. The zero-order chi connectivity index (χ0) is 29.0. The molecule has 0 bridgehead atoms. The lowest BCUT2D eigenvalue weighted by Gasteiger charge is -2.26. The van der Waals surface area contributed by atoms with Crippen LogP contribution in [0.3, 0.4) is 0 Å². The SMILES string of the molecule is O=C(CCOCCOCCC(=O)ON1C(=O)CCC1=O)NCCC(=O)N1Cc2ccccc2C#Cc2ccccc21. The van der Waals surface area contributed by atoms with Crippen LogP contribution in [0.4, 0.5) is 5.69 Å². The third kappa shape index (κ3) is 8.48. The second-order valence-corrected chi connectivity index (χ2v) is 9.27. The number of nitrogens with zero attached hydrogens (tertiary/aromatic N) is 2. The van der Waals surface area contributed by atoms with E-state index in [4.69, 9.17) is 14.3 Å². The van der Waals surface area contributed by atoms with Gasteiger partial charge in [-0.3, -0.25) is 19.2 Å². The summed E-state index contributed by atoms with van der Waals surface area (Å²) in [6.45, 7) is 1.19. The number of anilines is 1. The Morgan fingerprint density at radius 1 is 0.780 bits per heavy atom. The third-order valence-electron chi connectivity index (χ3n) is 6.33. The summed E-state index contributed by atoms with van der Waals surface area (Å²) in [5.41, 5.74) is 3.36. The Hall–Kier alpha value is -4.53. The standard InChI is InChI=1S/C30H31N3O8/c34-26(14-17-39-19-20-40-18-15-30(38)41-33-28(36)11-12-29(33)37)31-16-13-27(35)32-21-24-7-2-1-5-22(24)9-10-23-6-3-4-8-25(23)32/h1-8H,11-21H2,(H,31,34). The molecule has 1 fully saturated rings. The predicted octanol–water partition coefficient (Wildman–Crippen LogP) is 1.86. The van der Waals surface area contributed by atoms with Gasteiger partial charge in [0, 0.05) is 43.4 Å². The van der Waals surface area contributed by atoms with Crippen molar-refractivity contribution in [3.8, 4) is 11.8 Å². The van der Waals surface area contributed by atoms with Gasteiger partial charge in [-0.1, -0.05) is 42.2 Å². The Labute approximate surface area is 237 Å². The van der Waals surface area contributed by atoms with Crippen LogP contribution < -0.4 is 10.2 Å². The Balaban J connectivity index is 1.09. The van der Waals surface area contributed by atoms with Gasteiger partial charge < -0.3 is 24.5 Å². The number of hydrogen-bond acceptors (Lipinski definition) is 8. The van der Waals surface area contributed by atoms with Gasteiger partial charge in [-0.05, 0) is 23.8 Å². The first-order valence-corrected chi connectivity index (χ1v) is 13.4. The Bertz CT molecular complexity index is 1350. The average molecular weight is 562 g/mol.